The highest BCUT2D eigenvalue weighted by molar-refractivity contribution is 6.33. The molecule has 2 rings (SSSR count). The lowest BCUT2D eigenvalue weighted by Gasteiger charge is -2.24. The van der Waals surface area contributed by atoms with E-state index in [1.807, 2.05) is 11.9 Å². The normalized spacial score (nSPS) is 15.7. The van der Waals surface area contributed by atoms with E-state index in [1.165, 1.54) is 19.0 Å². The summed E-state index contributed by atoms with van der Waals surface area (Å²) in [6.45, 7) is 0. The Balaban J connectivity index is 2.21. The van der Waals surface area contributed by atoms with Crippen LogP contribution in [0.15, 0.2) is 12.3 Å². The third-order valence-electron chi connectivity index (χ3n) is 3.53. The van der Waals surface area contributed by atoms with Crippen molar-refractivity contribution in [2.75, 3.05) is 19.4 Å². The molecule has 98 valence electrons. The van der Waals surface area contributed by atoms with Gasteiger partial charge < -0.3 is 10.2 Å². The van der Waals surface area contributed by atoms with Gasteiger partial charge in [0.1, 0.15) is 5.82 Å². The highest BCUT2D eigenvalue weighted by atomic mass is 35.5. The first-order valence-electron chi connectivity index (χ1n) is 6.24. The first-order valence-corrected chi connectivity index (χ1v) is 6.61. The molecule has 1 aromatic rings. The smallest absolute Gasteiger partial charge is 0.255 e. The van der Waals surface area contributed by atoms with Gasteiger partial charge in [0.2, 0.25) is 0 Å². The van der Waals surface area contributed by atoms with Crippen LogP contribution in [0.25, 0.3) is 0 Å². The lowest BCUT2D eigenvalue weighted by molar-refractivity contribution is 0.0735. The van der Waals surface area contributed by atoms with Crippen molar-refractivity contribution in [1.82, 2.24) is 9.88 Å². The molecule has 0 spiro atoms. The van der Waals surface area contributed by atoms with Crippen LogP contribution in [0.3, 0.4) is 0 Å². The van der Waals surface area contributed by atoms with Crippen LogP contribution in [0, 0.1) is 0 Å². The number of halogens is 1. The van der Waals surface area contributed by atoms with E-state index in [2.05, 4.69) is 10.3 Å². The molecule has 0 saturated heterocycles. The summed E-state index contributed by atoms with van der Waals surface area (Å²) in [7, 11) is 3.62. The SMILES string of the molecule is CNc1cc(C(=O)N(C)C2CCCC2)c(Cl)cn1. The molecule has 1 aromatic heterocycles. The highest BCUT2D eigenvalue weighted by Gasteiger charge is 2.25. The van der Waals surface area contributed by atoms with Gasteiger partial charge in [0.25, 0.3) is 5.91 Å². The predicted molar refractivity (Wildman–Crippen MR) is 73.1 cm³/mol. The molecule has 1 amide bonds. The molecule has 1 heterocycles. The van der Waals surface area contributed by atoms with Gasteiger partial charge in [-0.05, 0) is 18.9 Å². The van der Waals surface area contributed by atoms with E-state index in [-0.39, 0.29) is 5.91 Å². The molecule has 5 heteroatoms. The number of anilines is 1. The molecule has 0 atom stereocenters. The van der Waals surface area contributed by atoms with Gasteiger partial charge in [-0.3, -0.25) is 4.79 Å². The van der Waals surface area contributed by atoms with Crippen LogP contribution in [-0.2, 0) is 0 Å². The molecular weight excluding hydrogens is 250 g/mol. The second-order valence-electron chi connectivity index (χ2n) is 4.65. The van der Waals surface area contributed by atoms with E-state index in [4.69, 9.17) is 11.6 Å². The maximum absolute atomic E-state index is 12.4. The summed E-state index contributed by atoms with van der Waals surface area (Å²) in [4.78, 5) is 18.3. The number of hydrogen-bond donors (Lipinski definition) is 1. The molecule has 0 radical (unpaired) electrons. The molecule has 0 aliphatic heterocycles. The summed E-state index contributed by atoms with van der Waals surface area (Å²) >= 11 is 6.06. The number of rotatable bonds is 3. The van der Waals surface area contributed by atoms with Crippen LogP contribution >= 0.6 is 11.6 Å². The Morgan fingerprint density at radius 1 is 1.50 bits per heavy atom. The lowest BCUT2D eigenvalue weighted by atomic mass is 10.1. The van der Waals surface area contributed by atoms with Crippen molar-refractivity contribution in [3.8, 4) is 0 Å². The van der Waals surface area contributed by atoms with Gasteiger partial charge in [-0.25, -0.2) is 4.98 Å². The van der Waals surface area contributed by atoms with Crippen molar-refractivity contribution in [3.05, 3.63) is 22.8 Å². The molecule has 1 aliphatic carbocycles. The molecule has 1 N–H and O–H groups in total. The van der Waals surface area contributed by atoms with E-state index in [0.717, 1.165) is 12.8 Å². The quantitative estimate of drug-likeness (QED) is 0.916. The van der Waals surface area contributed by atoms with Crippen molar-refractivity contribution in [1.29, 1.82) is 0 Å². The topological polar surface area (TPSA) is 45.2 Å². The van der Waals surface area contributed by atoms with Crippen LogP contribution in [-0.4, -0.2) is 35.9 Å². The molecule has 1 saturated carbocycles. The Hall–Kier alpha value is -1.29. The summed E-state index contributed by atoms with van der Waals surface area (Å²) < 4.78 is 0. The minimum Gasteiger partial charge on any atom is -0.373 e. The number of pyridine rings is 1. The summed E-state index contributed by atoms with van der Waals surface area (Å²) in [6, 6.07) is 2.05. The number of carbonyl (C=O) groups excluding carboxylic acids is 1. The van der Waals surface area contributed by atoms with E-state index >= 15 is 0 Å². The van der Waals surface area contributed by atoms with E-state index in [0.29, 0.717) is 22.4 Å². The summed E-state index contributed by atoms with van der Waals surface area (Å²) in [6.07, 6.45) is 6.10. The first kappa shape index (κ1) is 13.1. The van der Waals surface area contributed by atoms with Crippen molar-refractivity contribution >= 4 is 23.3 Å². The van der Waals surface area contributed by atoms with E-state index in [9.17, 15) is 4.79 Å². The van der Waals surface area contributed by atoms with Crippen LogP contribution in [0.1, 0.15) is 36.0 Å². The molecular formula is C13H18ClN3O. The largest absolute Gasteiger partial charge is 0.373 e. The Bertz CT molecular complexity index is 444. The van der Waals surface area contributed by atoms with Crippen molar-refractivity contribution in [2.45, 2.75) is 31.7 Å². The van der Waals surface area contributed by atoms with E-state index in [1.54, 1.807) is 13.1 Å². The lowest BCUT2D eigenvalue weighted by Crippen LogP contribution is -2.35. The Morgan fingerprint density at radius 2 is 2.17 bits per heavy atom. The standard InChI is InChI=1S/C13H18ClN3O/c1-15-12-7-10(11(14)8-16-12)13(18)17(2)9-5-3-4-6-9/h7-9H,3-6H2,1-2H3,(H,15,16). The highest BCUT2D eigenvalue weighted by Crippen LogP contribution is 2.26. The minimum atomic E-state index is -0.0224. The fourth-order valence-corrected chi connectivity index (χ4v) is 2.57. The van der Waals surface area contributed by atoms with Gasteiger partial charge in [0, 0.05) is 26.3 Å². The second-order valence-corrected chi connectivity index (χ2v) is 5.06. The predicted octanol–water partition coefficient (Wildman–Crippen LogP) is 2.79. The maximum atomic E-state index is 12.4. The zero-order valence-corrected chi connectivity index (χ0v) is 11.5. The third kappa shape index (κ3) is 2.58. The Labute approximate surface area is 112 Å². The molecule has 18 heavy (non-hydrogen) atoms. The van der Waals surface area contributed by atoms with Crippen molar-refractivity contribution < 1.29 is 4.79 Å². The van der Waals surface area contributed by atoms with Crippen LogP contribution in [0.2, 0.25) is 5.02 Å². The summed E-state index contributed by atoms with van der Waals surface area (Å²) in [5.41, 5.74) is 0.519. The van der Waals surface area contributed by atoms with Gasteiger partial charge in [0.05, 0.1) is 10.6 Å². The zero-order chi connectivity index (χ0) is 13.1. The van der Waals surface area contributed by atoms with Gasteiger partial charge in [-0.15, -0.1) is 0 Å². The summed E-state index contributed by atoms with van der Waals surface area (Å²) in [5, 5.41) is 3.32. The average molecular weight is 268 g/mol. The van der Waals surface area contributed by atoms with Crippen LogP contribution in [0.4, 0.5) is 5.82 Å². The number of amides is 1. The Kier molecular flexibility index (Phi) is 4.07. The number of aromatic nitrogens is 1. The average Bonchev–Trinajstić information content (AvgIpc) is 2.91. The fraction of sp³-hybridized carbons (Fsp3) is 0.538. The molecule has 0 aromatic carbocycles. The zero-order valence-electron chi connectivity index (χ0n) is 10.7. The number of hydrogen-bond acceptors (Lipinski definition) is 3. The van der Waals surface area contributed by atoms with Crippen molar-refractivity contribution in [2.24, 2.45) is 0 Å². The molecule has 1 aliphatic rings. The molecule has 0 unspecified atom stereocenters. The van der Waals surface area contributed by atoms with E-state index < -0.39 is 0 Å². The van der Waals surface area contributed by atoms with Gasteiger partial charge >= 0.3 is 0 Å². The number of carbonyl (C=O) groups is 1. The second kappa shape index (κ2) is 5.57. The van der Waals surface area contributed by atoms with Crippen LogP contribution < -0.4 is 5.32 Å². The third-order valence-corrected chi connectivity index (χ3v) is 3.84. The Morgan fingerprint density at radius 3 is 2.78 bits per heavy atom. The van der Waals surface area contributed by atoms with Gasteiger partial charge in [-0.1, -0.05) is 24.4 Å². The monoisotopic (exact) mass is 267 g/mol. The number of nitrogens with one attached hydrogen (secondary N) is 1. The maximum Gasteiger partial charge on any atom is 0.255 e. The molecule has 1 fully saturated rings. The molecule has 4 nitrogen and oxygen atoms in total. The van der Waals surface area contributed by atoms with Crippen molar-refractivity contribution in [3.63, 3.8) is 0 Å². The number of nitrogens with zero attached hydrogens (tertiary/aromatic N) is 2. The summed E-state index contributed by atoms with van der Waals surface area (Å²) in [5.74, 6) is 0.633. The van der Waals surface area contributed by atoms with Gasteiger partial charge in [0.15, 0.2) is 0 Å². The van der Waals surface area contributed by atoms with Crippen LogP contribution in [0.5, 0.6) is 0 Å². The van der Waals surface area contributed by atoms with Gasteiger partial charge in [-0.2, -0.15) is 0 Å². The first-order chi connectivity index (χ1) is 8.63. The fourth-order valence-electron chi connectivity index (χ4n) is 2.39. The molecule has 0 bridgehead atoms. The minimum absolute atomic E-state index is 0.0224.